The summed E-state index contributed by atoms with van der Waals surface area (Å²) in [7, 11) is -8.66. The van der Waals surface area contributed by atoms with Gasteiger partial charge in [-0.05, 0) is 61.1 Å². The predicted octanol–water partition coefficient (Wildman–Crippen LogP) is 29.2. The zero-order valence-electron chi connectivity index (χ0n) is 63.5. The molecule has 0 unspecified atom stereocenters. The summed E-state index contributed by atoms with van der Waals surface area (Å²) >= 11 is 0. The molecule has 0 fully saturated rings. The second-order valence-corrected chi connectivity index (χ2v) is 32.5. The molecule has 0 saturated carbocycles. The van der Waals surface area contributed by atoms with E-state index in [9.17, 15) is 25.9 Å². The van der Waals surface area contributed by atoms with Crippen molar-refractivity contribution in [2.75, 3.05) is 0 Å². The smallest absolute Gasteiger partial charge is 0.744 e. The van der Waals surface area contributed by atoms with Gasteiger partial charge in [-0.15, -0.1) is 0 Å². The normalized spacial score (nSPS) is 11.7. The second-order valence-electron chi connectivity index (χ2n) is 29.7. The van der Waals surface area contributed by atoms with Crippen LogP contribution in [0.2, 0.25) is 0 Å². The van der Waals surface area contributed by atoms with E-state index in [2.05, 4.69) is 13.8 Å². The van der Waals surface area contributed by atoms with Crippen molar-refractivity contribution in [1.29, 1.82) is 0 Å². The number of benzene rings is 2. The van der Waals surface area contributed by atoms with E-state index in [1.165, 1.54) is 461 Å². The van der Waals surface area contributed by atoms with Crippen LogP contribution in [0.5, 0.6) is 0 Å². The summed E-state index contributed by atoms with van der Waals surface area (Å²) in [6, 6.07) is 12.8. The van der Waals surface area contributed by atoms with Gasteiger partial charge in [-0.1, -0.05) is 475 Å². The molecule has 0 atom stereocenters. The molecule has 0 radical (unpaired) electrons. The van der Waals surface area contributed by atoms with Crippen molar-refractivity contribution in [1.82, 2.24) is 0 Å². The van der Waals surface area contributed by atoms with Crippen molar-refractivity contribution in [3.8, 4) is 0 Å². The molecule has 0 N–H and O–H groups in total. The SMILES string of the molecule is CCCCCCCCCCCCCCCCCCCCCCCCCCCCCCCCCCCCCc1ccc(S(=O)(=O)[O-])cc1.CCCCCCCCCCCCCCCCCCCCCCCCCCCCCCCCCCCCCc1ccc(S(=O)(=O)[O-])cc1.[Ba+2]. The molecule has 552 valence electrons. The van der Waals surface area contributed by atoms with Gasteiger partial charge in [-0.25, -0.2) is 16.8 Å². The fourth-order valence-corrected chi connectivity index (χ4v) is 15.1. The molecular weight excluding hydrogens is 1330 g/mol. The molecule has 0 aromatic heterocycles. The van der Waals surface area contributed by atoms with E-state index in [4.69, 9.17) is 0 Å². The van der Waals surface area contributed by atoms with E-state index >= 15 is 0 Å². The first-order chi connectivity index (χ1) is 46.1. The number of unbranched alkanes of at least 4 members (excludes halogenated alkanes) is 68. The Morgan fingerprint density at radius 3 is 0.400 bits per heavy atom. The molecule has 2 aromatic carbocycles. The fourth-order valence-electron chi connectivity index (χ4n) is 14.1. The van der Waals surface area contributed by atoms with E-state index in [1.54, 1.807) is 24.3 Å². The molecule has 0 aliphatic heterocycles. The van der Waals surface area contributed by atoms with E-state index in [-0.39, 0.29) is 58.7 Å². The molecule has 2 aromatic rings. The second kappa shape index (κ2) is 75.0. The Kier molecular flexibility index (Phi) is 74.9. The minimum atomic E-state index is -4.33. The molecule has 0 aliphatic carbocycles. The number of hydrogen-bond donors (Lipinski definition) is 0. The third-order valence-electron chi connectivity index (χ3n) is 20.6. The van der Waals surface area contributed by atoms with Crippen molar-refractivity contribution in [3.05, 3.63) is 59.7 Å². The Labute approximate surface area is 634 Å². The van der Waals surface area contributed by atoms with Crippen LogP contribution in [0.15, 0.2) is 58.3 Å². The topological polar surface area (TPSA) is 114 Å². The van der Waals surface area contributed by atoms with Crippen LogP contribution in [0.3, 0.4) is 0 Å². The van der Waals surface area contributed by atoms with Gasteiger partial charge in [0.15, 0.2) is 0 Å². The van der Waals surface area contributed by atoms with Crippen LogP contribution in [0.4, 0.5) is 0 Å². The Hall–Kier alpha value is -0.169. The Morgan fingerprint density at radius 2 is 0.295 bits per heavy atom. The van der Waals surface area contributed by atoms with Crippen molar-refractivity contribution >= 4 is 69.1 Å². The summed E-state index contributed by atoms with van der Waals surface area (Å²) in [5.74, 6) is 0. The summed E-state index contributed by atoms with van der Waals surface area (Å²) < 4.78 is 66.0. The van der Waals surface area contributed by atoms with Crippen LogP contribution < -0.4 is 0 Å². The molecule has 95 heavy (non-hydrogen) atoms. The number of rotatable bonds is 74. The Morgan fingerprint density at radius 1 is 0.189 bits per heavy atom. The summed E-state index contributed by atoms with van der Waals surface area (Å²) in [5.41, 5.74) is 2.23. The van der Waals surface area contributed by atoms with E-state index in [0.717, 1.165) is 36.8 Å². The molecule has 9 heteroatoms. The maximum Gasteiger partial charge on any atom is 2.00 e. The van der Waals surface area contributed by atoms with Crippen LogP contribution in [0.1, 0.15) is 474 Å². The quantitative estimate of drug-likeness (QED) is 0.0370. The van der Waals surface area contributed by atoms with Gasteiger partial charge in [0.05, 0.1) is 9.79 Å². The average Bonchev–Trinajstić information content (AvgIpc) is 1.10. The number of aryl methyl sites for hydroxylation is 2. The molecule has 0 amide bonds. The maximum atomic E-state index is 11.0. The Bertz CT molecular complexity index is 1880. The van der Waals surface area contributed by atoms with E-state index < -0.39 is 20.2 Å². The first-order valence-electron chi connectivity index (χ1n) is 42.2. The Balaban J connectivity index is 0.00000184. The summed E-state index contributed by atoms with van der Waals surface area (Å²) in [6.45, 7) is 4.60. The van der Waals surface area contributed by atoms with Crippen molar-refractivity contribution < 1.29 is 25.9 Å². The van der Waals surface area contributed by atoms with Crippen LogP contribution >= 0.6 is 0 Å². The predicted molar refractivity (Wildman–Crippen MR) is 417 cm³/mol. The van der Waals surface area contributed by atoms with Crippen LogP contribution in [-0.4, -0.2) is 74.8 Å². The summed E-state index contributed by atoms with van der Waals surface area (Å²) in [4.78, 5) is -0.264. The van der Waals surface area contributed by atoms with Crippen LogP contribution in [0, 0.1) is 0 Å². The van der Waals surface area contributed by atoms with Gasteiger partial charge in [0, 0.05) is 0 Å². The number of hydrogen-bond acceptors (Lipinski definition) is 6. The fraction of sp³-hybridized carbons (Fsp3) is 0.860. The van der Waals surface area contributed by atoms with Gasteiger partial charge in [0.1, 0.15) is 20.2 Å². The van der Waals surface area contributed by atoms with Gasteiger partial charge in [0.25, 0.3) is 0 Å². The largest absolute Gasteiger partial charge is 2.00 e. The molecule has 0 spiro atoms. The zero-order valence-corrected chi connectivity index (χ0v) is 69.6. The molecule has 0 heterocycles. The zero-order chi connectivity index (χ0) is 67.9. The minimum absolute atomic E-state index is 0. The monoisotopic (exact) mass is 1490 g/mol. The van der Waals surface area contributed by atoms with Crippen LogP contribution in [-0.2, 0) is 33.1 Å². The van der Waals surface area contributed by atoms with Gasteiger partial charge in [-0.3, -0.25) is 0 Å². The molecule has 6 nitrogen and oxygen atoms in total. The van der Waals surface area contributed by atoms with Crippen molar-refractivity contribution in [3.63, 3.8) is 0 Å². The van der Waals surface area contributed by atoms with Gasteiger partial charge in [-0.2, -0.15) is 0 Å². The maximum absolute atomic E-state index is 11.0. The minimum Gasteiger partial charge on any atom is -0.744 e. The molecule has 0 saturated heterocycles. The first-order valence-corrected chi connectivity index (χ1v) is 45.0. The first kappa shape index (κ1) is 94.8. The molecule has 0 bridgehead atoms. The average molecular weight is 1490 g/mol. The summed E-state index contributed by atoms with van der Waals surface area (Å²) in [5, 5.41) is 0. The third kappa shape index (κ3) is 70.6. The van der Waals surface area contributed by atoms with Crippen molar-refractivity contribution in [2.45, 2.75) is 486 Å². The molecule has 2 rings (SSSR count). The summed E-state index contributed by atoms with van der Waals surface area (Å²) in [6.07, 6.45) is 102. The van der Waals surface area contributed by atoms with Crippen molar-refractivity contribution in [2.24, 2.45) is 0 Å². The van der Waals surface area contributed by atoms with Gasteiger partial charge >= 0.3 is 48.9 Å². The third-order valence-corrected chi connectivity index (χ3v) is 22.3. The van der Waals surface area contributed by atoms with Gasteiger partial charge in [0.2, 0.25) is 0 Å². The van der Waals surface area contributed by atoms with E-state index in [1.807, 2.05) is 0 Å². The molecular formula is C86H158BaO6S2. The standard InChI is InChI=1S/2C43H80O3S.Ba/c2*1-2-3-4-5-6-7-8-9-10-11-12-13-14-15-16-17-18-19-20-21-22-23-24-25-26-27-28-29-30-31-32-33-34-35-36-37-42-38-40-43(41-39-42)47(44,45)46;/h2*38-41H,2-37H2,1H3,(H,44,45,46);/q;;+2/p-2. The van der Waals surface area contributed by atoms with Crippen LogP contribution in [0.25, 0.3) is 0 Å². The molecule has 0 aliphatic rings. The van der Waals surface area contributed by atoms with E-state index in [0.29, 0.717) is 0 Å². The van der Waals surface area contributed by atoms with Gasteiger partial charge < -0.3 is 9.11 Å².